The Morgan fingerprint density at radius 3 is 2.36 bits per heavy atom. The predicted octanol–water partition coefficient (Wildman–Crippen LogP) is 1.98. The molecular weight excluding hydrogens is 446 g/mol. The molecule has 154 valence electrons. The summed E-state index contributed by atoms with van der Waals surface area (Å²) in [5.41, 5.74) is 0. The third-order valence-corrected chi connectivity index (χ3v) is 7.87. The van der Waals surface area contributed by atoms with Crippen LogP contribution in [0.15, 0.2) is 33.6 Å². The van der Waals surface area contributed by atoms with Gasteiger partial charge in [0.1, 0.15) is 6.04 Å². The summed E-state index contributed by atoms with van der Waals surface area (Å²) in [6, 6.07) is 6.12. The van der Waals surface area contributed by atoms with Crippen molar-refractivity contribution in [2.24, 2.45) is 5.92 Å². The number of hydrogen-bond acceptors (Lipinski definition) is 4. The van der Waals surface area contributed by atoms with E-state index in [4.69, 9.17) is 0 Å². The number of rotatable bonds is 5. The Kier molecular flexibility index (Phi) is 6.77. The summed E-state index contributed by atoms with van der Waals surface area (Å²) in [6.07, 6.45) is 4.03. The molecule has 0 radical (unpaired) electrons. The van der Waals surface area contributed by atoms with Gasteiger partial charge in [-0.3, -0.25) is 9.59 Å². The van der Waals surface area contributed by atoms with Crippen molar-refractivity contribution in [3.8, 4) is 0 Å². The Labute approximate surface area is 174 Å². The summed E-state index contributed by atoms with van der Waals surface area (Å²) in [4.78, 5) is 26.5. The molecule has 2 fully saturated rings. The van der Waals surface area contributed by atoms with Crippen molar-refractivity contribution in [2.45, 2.75) is 43.5 Å². The van der Waals surface area contributed by atoms with Gasteiger partial charge < -0.3 is 10.2 Å². The van der Waals surface area contributed by atoms with E-state index in [-0.39, 0.29) is 35.7 Å². The summed E-state index contributed by atoms with van der Waals surface area (Å²) >= 11 is 3.30. The van der Waals surface area contributed by atoms with Gasteiger partial charge in [0.2, 0.25) is 21.8 Å². The van der Waals surface area contributed by atoms with E-state index in [1.54, 1.807) is 29.2 Å². The molecule has 1 aliphatic carbocycles. The first-order valence-electron chi connectivity index (χ1n) is 9.60. The minimum atomic E-state index is -3.59. The van der Waals surface area contributed by atoms with Crippen molar-refractivity contribution >= 4 is 37.8 Å². The minimum Gasteiger partial charge on any atom is -0.344 e. The Balaban J connectivity index is 1.66. The van der Waals surface area contributed by atoms with Crippen LogP contribution in [-0.4, -0.2) is 61.7 Å². The lowest BCUT2D eigenvalue weighted by molar-refractivity contribution is -0.138. The van der Waals surface area contributed by atoms with Crippen LogP contribution < -0.4 is 5.32 Å². The van der Waals surface area contributed by atoms with Crippen LogP contribution in [0.25, 0.3) is 0 Å². The molecule has 1 saturated carbocycles. The van der Waals surface area contributed by atoms with Crippen molar-refractivity contribution in [2.75, 3.05) is 26.2 Å². The van der Waals surface area contributed by atoms with Gasteiger partial charge in [0.25, 0.3) is 0 Å². The molecule has 2 amide bonds. The second-order valence-electron chi connectivity index (χ2n) is 7.41. The number of hydrogen-bond donors (Lipinski definition) is 1. The zero-order chi connectivity index (χ0) is 20.3. The van der Waals surface area contributed by atoms with Crippen molar-refractivity contribution in [3.05, 3.63) is 28.7 Å². The standard InChI is InChI=1S/C19H26BrN3O4S/c1-14(24)21-18(15-5-2-3-6-15)19(25)22-9-11-23(12-10-22)28(26,27)17-8-4-7-16(20)13-17/h4,7-8,13,15,18H,2-3,5-6,9-12H2,1H3,(H,21,24). The van der Waals surface area contributed by atoms with Gasteiger partial charge in [0.15, 0.2) is 0 Å². The molecule has 0 bridgehead atoms. The fourth-order valence-electron chi connectivity index (χ4n) is 4.01. The van der Waals surface area contributed by atoms with E-state index in [1.807, 2.05) is 0 Å². The molecular formula is C19H26BrN3O4S. The number of nitrogens with one attached hydrogen (secondary N) is 1. The first-order chi connectivity index (χ1) is 13.3. The number of nitrogens with zero attached hydrogens (tertiary/aromatic N) is 2. The van der Waals surface area contributed by atoms with Crippen molar-refractivity contribution in [1.82, 2.24) is 14.5 Å². The Morgan fingerprint density at radius 2 is 1.79 bits per heavy atom. The molecule has 1 aromatic carbocycles. The zero-order valence-electron chi connectivity index (χ0n) is 15.9. The van der Waals surface area contributed by atoms with Gasteiger partial charge in [0, 0.05) is 37.6 Å². The number of amides is 2. The van der Waals surface area contributed by atoms with Gasteiger partial charge in [-0.2, -0.15) is 4.31 Å². The summed E-state index contributed by atoms with van der Waals surface area (Å²) in [5, 5.41) is 2.83. The highest BCUT2D eigenvalue weighted by Crippen LogP contribution is 2.29. The van der Waals surface area contributed by atoms with Gasteiger partial charge >= 0.3 is 0 Å². The number of benzene rings is 1. The van der Waals surface area contributed by atoms with Crippen LogP contribution in [0.4, 0.5) is 0 Å². The SMILES string of the molecule is CC(=O)NC(C(=O)N1CCN(S(=O)(=O)c2cccc(Br)c2)CC1)C1CCCC1. The second kappa shape index (κ2) is 8.92. The monoisotopic (exact) mass is 471 g/mol. The zero-order valence-corrected chi connectivity index (χ0v) is 18.3. The second-order valence-corrected chi connectivity index (χ2v) is 10.3. The number of sulfonamides is 1. The van der Waals surface area contributed by atoms with E-state index < -0.39 is 16.1 Å². The highest BCUT2D eigenvalue weighted by atomic mass is 79.9. The van der Waals surface area contributed by atoms with Gasteiger partial charge in [-0.15, -0.1) is 0 Å². The van der Waals surface area contributed by atoms with Crippen molar-refractivity contribution in [1.29, 1.82) is 0 Å². The topological polar surface area (TPSA) is 86.8 Å². The highest BCUT2D eigenvalue weighted by Gasteiger charge is 2.37. The molecule has 7 nitrogen and oxygen atoms in total. The lowest BCUT2D eigenvalue weighted by Gasteiger charge is -2.37. The summed E-state index contributed by atoms with van der Waals surface area (Å²) in [7, 11) is -3.59. The molecule has 1 atom stereocenters. The van der Waals surface area contributed by atoms with Crippen LogP contribution in [0.2, 0.25) is 0 Å². The smallest absolute Gasteiger partial charge is 0.245 e. The predicted molar refractivity (Wildman–Crippen MR) is 109 cm³/mol. The average Bonchev–Trinajstić information content (AvgIpc) is 3.20. The van der Waals surface area contributed by atoms with Gasteiger partial charge in [0.05, 0.1) is 4.90 Å². The maximum atomic E-state index is 13.0. The summed E-state index contributed by atoms with van der Waals surface area (Å²) in [6.45, 7) is 2.58. The number of halogens is 1. The van der Waals surface area contributed by atoms with Crippen LogP contribution in [0, 0.1) is 5.92 Å². The molecule has 28 heavy (non-hydrogen) atoms. The lowest BCUT2D eigenvalue weighted by atomic mass is 9.96. The van der Waals surface area contributed by atoms with Crippen LogP contribution in [0.1, 0.15) is 32.6 Å². The number of carbonyl (C=O) groups is 2. The fourth-order valence-corrected chi connectivity index (χ4v) is 6.03. The molecule has 1 unspecified atom stereocenters. The molecule has 1 N–H and O–H groups in total. The van der Waals surface area contributed by atoms with Gasteiger partial charge in [-0.25, -0.2) is 8.42 Å². The normalized spacial score (nSPS) is 20.1. The van der Waals surface area contributed by atoms with Gasteiger partial charge in [-0.05, 0) is 37.0 Å². The third-order valence-electron chi connectivity index (χ3n) is 5.48. The average molecular weight is 472 g/mol. The molecule has 1 aliphatic heterocycles. The molecule has 0 aromatic heterocycles. The minimum absolute atomic E-state index is 0.0957. The number of carbonyl (C=O) groups excluding carboxylic acids is 2. The van der Waals surface area contributed by atoms with Crippen molar-refractivity contribution < 1.29 is 18.0 Å². The molecule has 2 aliphatic rings. The summed E-state index contributed by atoms with van der Waals surface area (Å²) in [5.74, 6) is -0.137. The molecule has 9 heteroatoms. The third kappa shape index (κ3) is 4.75. The van der Waals surface area contributed by atoms with Gasteiger partial charge in [-0.1, -0.05) is 34.8 Å². The van der Waals surface area contributed by atoms with E-state index in [0.717, 1.165) is 25.7 Å². The Bertz CT molecular complexity index is 831. The first kappa shape index (κ1) is 21.3. The van der Waals surface area contributed by atoms with Crippen LogP contribution >= 0.6 is 15.9 Å². The molecule has 3 rings (SSSR count). The van der Waals surface area contributed by atoms with Crippen molar-refractivity contribution in [3.63, 3.8) is 0 Å². The quantitative estimate of drug-likeness (QED) is 0.710. The molecule has 1 aromatic rings. The molecule has 1 heterocycles. The lowest BCUT2D eigenvalue weighted by Crippen LogP contribution is -2.57. The molecule has 0 spiro atoms. The van der Waals surface area contributed by atoms with E-state index in [1.165, 1.54) is 11.2 Å². The van der Waals surface area contributed by atoms with E-state index in [2.05, 4.69) is 21.2 Å². The number of piperazine rings is 1. The van der Waals surface area contributed by atoms with E-state index in [9.17, 15) is 18.0 Å². The van der Waals surface area contributed by atoms with E-state index >= 15 is 0 Å². The maximum Gasteiger partial charge on any atom is 0.245 e. The summed E-state index contributed by atoms with van der Waals surface area (Å²) < 4.78 is 27.8. The Morgan fingerprint density at radius 1 is 1.14 bits per heavy atom. The van der Waals surface area contributed by atoms with Crippen LogP contribution in [0.3, 0.4) is 0 Å². The molecule has 1 saturated heterocycles. The highest BCUT2D eigenvalue weighted by molar-refractivity contribution is 9.10. The maximum absolute atomic E-state index is 13.0. The van der Waals surface area contributed by atoms with Crippen LogP contribution in [0.5, 0.6) is 0 Å². The largest absolute Gasteiger partial charge is 0.344 e. The van der Waals surface area contributed by atoms with Crippen LogP contribution in [-0.2, 0) is 19.6 Å². The first-order valence-corrected chi connectivity index (χ1v) is 11.8. The Hall–Kier alpha value is -1.45. The van der Waals surface area contributed by atoms with E-state index in [0.29, 0.717) is 17.6 Å². The fraction of sp³-hybridized carbons (Fsp3) is 0.579.